The maximum absolute atomic E-state index is 12.8. The lowest BCUT2D eigenvalue weighted by molar-refractivity contribution is 0.0778. The van der Waals surface area contributed by atoms with Crippen molar-refractivity contribution in [3.05, 3.63) is 36.3 Å². The number of piperazine rings is 1. The van der Waals surface area contributed by atoms with Crippen LogP contribution >= 0.6 is 0 Å². The van der Waals surface area contributed by atoms with Crippen molar-refractivity contribution in [2.24, 2.45) is 0 Å². The van der Waals surface area contributed by atoms with E-state index in [4.69, 9.17) is 5.73 Å². The summed E-state index contributed by atoms with van der Waals surface area (Å²) >= 11 is 0. The predicted octanol–water partition coefficient (Wildman–Crippen LogP) is 0.581. The molecule has 0 amide bonds. The molecule has 3 heterocycles. The van der Waals surface area contributed by atoms with Gasteiger partial charge >= 0.3 is 0 Å². The molecule has 2 aromatic heterocycles. The van der Waals surface area contributed by atoms with Crippen LogP contribution < -0.4 is 10.6 Å². The maximum Gasteiger partial charge on any atom is 0.244 e. The molecule has 1 aliphatic rings. The Hall–Kier alpha value is -2.30. The van der Waals surface area contributed by atoms with E-state index in [0.29, 0.717) is 31.1 Å². The molecule has 0 aromatic carbocycles. The van der Waals surface area contributed by atoms with E-state index in [-0.39, 0.29) is 16.8 Å². The van der Waals surface area contributed by atoms with Gasteiger partial charge in [0.15, 0.2) is 0 Å². The molecular formula is C17H24N6O3S. The minimum atomic E-state index is -3.63. The van der Waals surface area contributed by atoms with E-state index in [2.05, 4.69) is 15.0 Å². The van der Waals surface area contributed by atoms with Gasteiger partial charge in [-0.1, -0.05) is 0 Å². The number of nitrogen functional groups attached to an aromatic ring is 1. The summed E-state index contributed by atoms with van der Waals surface area (Å²) < 4.78 is 27.1. The topological polar surface area (TPSA) is 126 Å². The zero-order valence-corrected chi connectivity index (χ0v) is 16.4. The Morgan fingerprint density at radius 3 is 2.33 bits per heavy atom. The van der Waals surface area contributed by atoms with Crippen molar-refractivity contribution >= 4 is 21.8 Å². The smallest absolute Gasteiger partial charge is 0.244 e. The second-order valence-electron chi connectivity index (χ2n) is 7.15. The molecule has 1 aliphatic heterocycles. The van der Waals surface area contributed by atoms with Crippen molar-refractivity contribution in [2.75, 3.05) is 30.3 Å². The molecule has 27 heavy (non-hydrogen) atoms. The third-order valence-electron chi connectivity index (χ3n) is 4.59. The number of aromatic nitrogens is 3. The van der Waals surface area contributed by atoms with Crippen LogP contribution in [0.2, 0.25) is 0 Å². The van der Waals surface area contributed by atoms with Crippen molar-refractivity contribution in [3.63, 3.8) is 0 Å². The van der Waals surface area contributed by atoms with Crippen LogP contribution in [-0.2, 0) is 15.6 Å². The van der Waals surface area contributed by atoms with E-state index in [1.807, 2.05) is 11.8 Å². The normalized spacial score (nSPS) is 19.3. The molecule has 0 bridgehead atoms. The highest BCUT2D eigenvalue weighted by molar-refractivity contribution is 7.89. The lowest BCUT2D eigenvalue weighted by Gasteiger charge is -2.39. The number of pyridine rings is 1. The van der Waals surface area contributed by atoms with Crippen LogP contribution in [0.15, 0.2) is 35.6 Å². The van der Waals surface area contributed by atoms with Crippen molar-refractivity contribution in [2.45, 2.75) is 37.3 Å². The summed E-state index contributed by atoms with van der Waals surface area (Å²) in [7, 11) is -3.63. The highest BCUT2D eigenvalue weighted by atomic mass is 32.2. The summed E-state index contributed by atoms with van der Waals surface area (Å²) in [6, 6.07) is 2.83. The summed E-state index contributed by atoms with van der Waals surface area (Å²) in [5.41, 5.74) is 5.15. The van der Waals surface area contributed by atoms with Crippen LogP contribution in [0.1, 0.15) is 26.3 Å². The lowest BCUT2D eigenvalue weighted by Crippen LogP contribution is -2.54. The average molecular weight is 392 g/mol. The minimum Gasteiger partial charge on any atom is -0.386 e. The molecule has 146 valence electrons. The molecule has 3 N–H and O–H groups in total. The lowest BCUT2D eigenvalue weighted by atomic mass is 10.0. The molecular weight excluding hydrogens is 368 g/mol. The zero-order valence-electron chi connectivity index (χ0n) is 15.6. The van der Waals surface area contributed by atoms with E-state index < -0.39 is 15.6 Å². The molecule has 0 spiro atoms. The molecule has 3 rings (SSSR count). The van der Waals surface area contributed by atoms with Gasteiger partial charge in [0.05, 0.1) is 5.60 Å². The second kappa shape index (κ2) is 7.02. The number of rotatable bonds is 4. The van der Waals surface area contributed by atoms with Gasteiger partial charge in [0.2, 0.25) is 16.0 Å². The first-order chi connectivity index (χ1) is 12.6. The Balaban J connectivity index is 1.75. The number of hydrogen-bond acceptors (Lipinski definition) is 8. The summed E-state index contributed by atoms with van der Waals surface area (Å²) in [5, 5.41) is 10.0. The largest absolute Gasteiger partial charge is 0.386 e. The number of anilines is 2. The Kier molecular flexibility index (Phi) is 5.06. The van der Waals surface area contributed by atoms with Gasteiger partial charge in [-0.3, -0.25) is 0 Å². The minimum absolute atomic E-state index is 0.108. The van der Waals surface area contributed by atoms with Crippen LogP contribution in [0.5, 0.6) is 0 Å². The Bertz CT molecular complexity index is 894. The summed E-state index contributed by atoms with van der Waals surface area (Å²) in [6.07, 6.45) is 4.47. The van der Waals surface area contributed by atoms with E-state index in [9.17, 15) is 13.5 Å². The number of sulfonamides is 1. The first-order valence-corrected chi connectivity index (χ1v) is 10.1. The van der Waals surface area contributed by atoms with Gasteiger partial charge in [-0.2, -0.15) is 4.31 Å². The van der Waals surface area contributed by atoms with Gasteiger partial charge in [-0.25, -0.2) is 23.4 Å². The highest BCUT2D eigenvalue weighted by Gasteiger charge is 2.33. The first-order valence-electron chi connectivity index (χ1n) is 8.62. The second-order valence-corrected chi connectivity index (χ2v) is 9.09. The number of hydrogen-bond donors (Lipinski definition) is 2. The molecule has 0 unspecified atom stereocenters. The number of nitrogens with zero attached hydrogens (tertiary/aromatic N) is 5. The number of nitrogens with two attached hydrogens (primary N) is 1. The number of aliphatic hydroxyl groups is 1. The van der Waals surface area contributed by atoms with E-state index in [1.54, 1.807) is 26.2 Å². The van der Waals surface area contributed by atoms with Gasteiger partial charge in [-0.05, 0) is 32.9 Å². The Morgan fingerprint density at radius 1 is 1.15 bits per heavy atom. The molecule has 9 nitrogen and oxygen atoms in total. The molecule has 1 atom stereocenters. The molecule has 1 saturated heterocycles. The summed E-state index contributed by atoms with van der Waals surface area (Å²) in [4.78, 5) is 14.6. The zero-order chi connectivity index (χ0) is 19.8. The monoisotopic (exact) mass is 392 g/mol. The van der Waals surface area contributed by atoms with Gasteiger partial charge in [0.1, 0.15) is 10.7 Å². The molecule has 1 fully saturated rings. The van der Waals surface area contributed by atoms with Crippen molar-refractivity contribution in [1.29, 1.82) is 0 Å². The van der Waals surface area contributed by atoms with Crippen LogP contribution in [-0.4, -0.2) is 58.5 Å². The maximum atomic E-state index is 12.8. The molecule has 0 aliphatic carbocycles. The van der Waals surface area contributed by atoms with Crippen LogP contribution in [0.3, 0.4) is 0 Å². The Labute approximate surface area is 158 Å². The standard InChI is InChI=1S/C17H24N6O3S/c1-12-11-22(27(25,26)14-4-5-15(18)19-10-14)6-7-23(12)16-20-8-13(9-21-16)17(2,3)24/h4-5,8-10,12,24H,6-7,11H2,1-3H3,(H2,18,19)/t12-/m0/s1. The quantitative estimate of drug-likeness (QED) is 0.774. The van der Waals surface area contributed by atoms with Crippen LogP contribution in [0.25, 0.3) is 0 Å². The van der Waals surface area contributed by atoms with Crippen molar-refractivity contribution < 1.29 is 13.5 Å². The fourth-order valence-electron chi connectivity index (χ4n) is 2.92. The van der Waals surface area contributed by atoms with Gasteiger partial charge in [0.25, 0.3) is 0 Å². The SMILES string of the molecule is C[C@H]1CN(S(=O)(=O)c2ccc(N)nc2)CCN1c1ncc(C(C)(C)O)cn1. The summed E-state index contributed by atoms with van der Waals surface area (Å²) in [6.45, 7) is 6.35. The van der Waals surface area contributed by atoms with Crippen molar-refractivity contribution in [1.82, 2.24) is 19.3 Å². The average Bonchev–Trinajstić information content (AvgIpc) is 2.61. The first kappa shape index (κ1) is 19.5. The fraction of sp³-hybridized carbons (Fsp3) is 0.471. The van der Waals surface area contributed by atoms with E-state index in [0.717, 1.165) is 0 Å². The summed E-state index contributed by atoms with van der Waals surface area (Å²) in [5.74, 6) is 0.792. The highest BCUT2D eigenvalue weighted by Crippen LogP contribution is 2.24. The van der Waals surface area contributed by atoms with Crippen LogP contribution in [0.4, 0.5) is 11.8 Å². The van der Waals surface area contributed by atoms with Gasteiger partial charge in [0, 0.05) is 49.8 Å². The van der Waals surface area contributed by atoms with Crippen LogP contribution in [0, 0.1) is 0 Å². The molecule has 0 saturated carbocycles. The molecule has 2 aromatic rings. The van der Waals surface area contributed by atoms with E-state index in [1.165, 1.54) is 22.6 Å². The third kappa shape index (κ3) is 4.02. The van der Waals surface area contributed by atoms with Gasteiger partial charge in [-0.15, -0.1) is 0 Å². The Morgan fingerprint density at radius 2 is 1.81 bits per heavy atom. The van der Waals surface area contributed by atoms with E-state index >= 15 is 0 Å². The van der Waals surface area contributed by atoms with Gasteiger partial charge < -0.3 is 15.7 Å². The third-order valence-corrected chi connectivity index (χ3v) is 6.44. The fourth-order valence-corrected chi connectivity index (χ4v) is 4.38. The molecule has 0 radical (unpaired) electrons. The van der Waals surface area contributed by atoms with Crippen molar-refractivity contribution in [3.8, 4) is 0 Å². The molecule has 10 heteroatoms. The predicted molar refractivity (Wildman–Crippen MR) is 101 cm³/mol.